The van der Waals surface area contributed by atoms with Gasteiger partial charge in [0.15, 0.2) is 0 Å². The largest absolute Gasteiger partial charge is 0.442 e. The van der Waals surface area contributed by atoms with E-state index in [4.69, 9.17) is 13.9 Å². The van der Waals surface area contributed by atoms with E-state index < -0.39 is 0 Å². The Morgan fingerprint density at radius 1 is 1.24 bits per heavy atom. The SMILES string of the molecule is CCOCCOCc1cccc(CNC(=O)c2c(C)oc3ncn(C)c(=O)c23)c1. The Morgan fingerprint density at radius 3 is 2.79 bits per heavy atom. The summed E-state index contributed by atoms with van der Waals surface area (Å²) in [5.41, 5.74) is 2.02. The molecule has 0 saturated carbocycles. The highest BCUT2D eigenvalue weighted by Gasteiger charge is 2.22. The predicted molar refractivity (Wildman–Crippen MR) is 108 cm³/mol. The Morgan fingerprint density at radius 2 is 2.00 bits per heavy atom. The number of fused-ring (bicyclic) bond motifs is 1. The van der Waals surface area contributed by atoms with E-state index in [1.165, 1.54) is 10.9 Å². The topological polar surface area (TPSA) is 95.6 Å². The molecule has 1 aromatic carbocycles. The fourth-order valence-corrected chi connectivity index (χ4v) is 3.01. The van der Waals surface area contributed by atoms with Crippen LogP contribution in [0.25, 0.3) is 11.1 Å². The third-order valence-corrected chi connectivity index (χ3v) is 4.46. The smallest absolute Gasteiger partial charge is 0.265 e. The third kappa shape index (κ3) is 4.90. The van der Waals surface area contributed by atoms with Gasteiger partial charge in [0.1, 0.15) is 17.5 Å². The van der Waals surface area contributed by atoms with Gasteiger partial charge in [-0.2, -0.15) is 0 Å². The van der Waals surface area contributed by atoms with Crippen LogP contribution in [-0.4, -0.2) is 35.3 Å². The molecule has 8 heteroatoms. The van der Waals surface area contributed by atoms with Gasteiger partial charge in [0.2, 0.25) is 5.71 Å². The molecule has 8 nitrogen and oxygen atoms in total. The molecule has 0 unspecified atom stereocenters. The predicted octanol–water partition coefficient (Wildman–Crippen LogP) is 2.32. The van der Waals surface area contributed by atoms with Crippen molar-refractivity contribution in [2.45, 2.75) is 27.0 Å². The number of nitrogens with zero attached hydrogens (tertiary/aromatic N) is 2. The molecule has 1 N–H and O–H groups in total. The lowest BCUT2D eigenvalue weighted by Gasteiger charge is -2.08. The lowest BCUT2D eigenvalue weighted by molar-refractivity contribution is 0.0453. The van der Waals surface area contributed by atoms with Crippen molar-refractivity contribution in [3.05, 3.63) is 63.4 Å². The van der Waals surface area contributed by atoms with Crippen molar-refractivity contribution in [2.75, 3.05) is 19.8 Å². The fraction of sp³-hybridized carbons (Fsp3) is 0.381. The van der Waals surface area contributed by atoms with E-state index in [2.05, 4.69) is 10.3 Å². The molecule has 0 fully saturated rings. The third-order valence-electron chi connectivity index (χ3n) is 4.46. The molecule has 3 aromatic rings. The molecular formula is C21H25N3O5. The second-order valence-corrected chi connectivity index (χ2v) is 6.63. The standard InChI is InChI=1S/C21H25N3O5/c1-4-27-8-9-28-12-16-7-5-6-15(10-16)11-22-19(25)17-14(2)29-20-18(17)21(26)24(3)13-23-20/h5-7,10,13H,4,8-9,11-12H2,1-3H3,(H,22,25). The first-order chi connectivity index (χ1) is 14.0. The summed E-state index contributed by atoms with van der Waals surface area (Å²) in [5, 5.41) is 3.05. The Kier molecular flexibility index (Phi) is 6.79. The second kappa shape index (κ2) is 9.49. The highest BCUT2D eigenvalue weighted by atomic mass is 16.5. The highest BCUT2D eigenvalue weighted by molar-refractivity contribution is 6.06. The summed E-state index contributed by atoms with van der Waals surface area (Å²) in [5.74, 6) is -0.00512. The van der Waals surface area contributed by atoms with E-state index in [0.29, 0.717) is 38.7 Å². The maximum Gasteiger partial charge on any atom is 0.265 e. The number of amides is 1. The molecule has 0 aliphatic rings. The average Bonchev–Trinajstić information content (AvgIpc) is 3.06. The first kappa shape index (κ1) is 20.8. The first-order valence-electron chi connectivity index (χ1n) is 9.47. The van der Waals surface area contributed by atoms with Crippen LogP contribution in [0.5, 0.6) is 0 Å². The molecule has 0 aliphatic carbocycles. The van der Waals surface area contributed by atoms with Crippen LogP contribution < -0.4 is 10.9 Å². The van der Waals surface area contributed by atoms with Gasteiger partial charge in [-0.25, -0.2) is 4.98 Å². The van der Waals surface area contributed by atoms with Gasteiger partial charge in [0, 0.05) is 20.2 Å². The van der Waals surface area contributed by atoms with Gasteiger partial charge in [-0.1, -0.05) is 24.3 Å². The first-order valence-corrected chi connectivity index (χ1v) is 9.47. The molecule has 1 amide bonds. The number of aryl methyl sites for hydroxylation is 2. The van der Waals surface area contributed by atoms with E-state index in [9.17, 15) is 9.59 Å². The second-order valence-electron chi connectivity index (χ2n) is 6.63. The minimum atomic E-state index is -0.371. The zero-order valence-corrected chi connectivity index (χ0v) is 16.9. The quantitative estimate of drug-likeness (QED) is 0.555. The number of rotatable bonds is 9. The monoisotopic (exact) mass is 399 g/mol. The van der Waals surface area contributed by atoms with Crippen LogP contribution in [0.2, 0.25) is 0 Å². The number of ether oxygens (including phenoxy) is 2. The van der Waals surface area contributed by atoms with Crippen LogP contribution in [0.4, 0.5) is 0 Å². The maximum absolute atomic E-state index is 12.7. The summed E-state index contributed by atoms with van der Waals surface area (Å²) in [6.07, 6.45) is 1.37. The Hall–Kier alpha value is -2.97. The molecule has 2 aromatic heterocycles. The van der Waals surface area contributed by atoms with Gasteiger partial charge in [-0.15, -0.1) is 0 Å². The number of aromatic nitrogens is 2. The minimum absolute atomic E-state index is 0.168. The lowest BCUT2D eigenvalue weighted by atomic mass is 10.1. The highest BCUT2D eigenvalue weighted by Crippen LogP contribution is 2.20. The van der Waals surface area contributed by atoms with Gasteiger partial charge < -0.3 is 23.8 Å². The van der Waals surface area contributed by atoms with E-state index in [0.717, 1.165) is 11.1 Å². The molecule has 0 radical (unpaired) electrons. The number of nitrogens with one attached hydrogen (secondary N) is 1. The number of hydrogen-bond donors (Lipinski definition) is 1. The van der Waals surface area contributed by atoms with Crippen molar-refractivity contribution in [3.8, 4) is 0 Å². The maximum atomic E-state index is 12.7. The molecule has 154 valence electrons. The summed E-state index contributed by atoms with van der Waals surface area (Å²) in [7, 11) is 1.58. The van der Waals surface area contributed by atoms with Crippen LogP contribution in [0.15, 0.2) is 39.8 Å². The summed E-state index contributed by atoms with van der Waals surface area (Å²) < 4.78 is 17.6. The van der Waals surface area contributed by atoms with Crippen LogP contribution in [0, 0.1) is 6.92 Å². The summed E-state index contributed by atoms with van der Waals surface area (Å²) in [6, 6.07) is 7.78. The minimum Gasteiger partial charge on any atom is -0.442 e. The van der Waals surface area contributed by atoms with Crippen LogP contribution in [0.1, 0.15) is 34.2 Å². The van der Waals surface area contributed by atoms with Crippen molar-refractivity contribution in [1.29, 1.82) is 0 Å². The molecule has 0 bridgehead atoms. The summed E-state index contributed by atoms with van der Waals surface area (Å²) in [4.78, 5) is 29.2. The van der Waals surface area contributed by atoms with Crippen LogP contribution in [0.3, 0.4) is 0 Å². The van der Waals surface area contributed by atoms with Crippen molar-refractivity contribution < 1.29 is 18.7 Å². The van der Waals surface area contributed by atoms with Gasteiger partial charge in [0.05, 0.1) is 25.4 Å². The van der Waals surface area contributed by atoms with Crippen LogP contribution >= 0.6 is 0 Å². The Balaban J connectivity index is 1.66. The van der Waals surface area contributed by atoms with Gasteiger partial charge in [-0.3, -0.25) is 9.59 Å². The van der Waals surface area contributed by atoms with Crippen molar-refractivity contribution >= 4 is 17.0 Å². The number of furan rings is 1. The van der Waals surface area contributed by atoms with E-state index in [-0.39, 0.29) is 28.1 Å². The fourth-order valence-electron chi connectivity index (χ4n) is 3.01. The van der Waals surface area contributed by atoms with Crippen molar-refractivity contribution in [1.82, 2.24) is 14.9 Å². The molecule has 0 atom stereocenters. The number of carbonyl (C=O) groups excluding carboxylic acids is 1. The summed E-state index contributed by atoms with van der Waals surface area (Å²) in [6.45, 7) is 6.16. The zero-order valence-electron chi connectivity index (χ0n) is 16.9. The average molecular weight is 399 g/mol. The van der Waals surface area contributed by atoms with Crippen LogP contribution in [-0.2, 0) is 29.7 Å². The van der Waals surface area contributed by atoms with Gasteiger partial charge in [0.25, 0.3) is 11.5 Å². The molecule has 29 heavy (non-hydrogen) atoms. The van der Waals surface area contributed by atoms with Crippen molar-refractivity contribution in [2.24, 2.45) is 7.05 Å². The van der Waals surface area contributed by atoms with Gasteiger partial charge in [-0.05, 0) is 25.0 Å². The molecule has 2 heterocycles. The van der Waals surface area contributed by atoms with Crippen molar-refractivity contribution in [3.63, 3.8) is 0 Å². The Labute approximate surface area is 168 Å². The number of carbonyl (C=O) groups is 1. The summed E-state index contributed by atoms with van der Waals surface area (Å²) >= 11 is 0. The zero-order chi connectivity index (χ0) is 20.8. The molecule has 0 saturated heterocycles. The van der Waals surface area contributed by atoms with Gasteiger partial charge >= 0.3 is 0 Å². The molecule has 3 rings (SSSR count). The molecular weight excluding hydrogens is 374 g/mol. The number of benzene rings is 1. The van der Waals surface area contributed by atoms with E-state index in [1.807, 2.05) is 31.2 Å². The molecule has 0 spiro atoms. The van der Waals surface area contributed by atoms with E-state index >= 15 is 0 Å². The lowest BCUT2D eigenvalue weighted by Crippen LogP contribution is -2.26. The molecule has 0 aliphatic heterocycles. The normalized spacial score (nSPS) is 11.1. The van der Waals surface area contributed by atoms with E-state index in [1.54, 1.807) is 14.0 Å². The number of hydrogen-bond acceptors (Lipinski definition) is 6. The Bertz CT molecular complexity index is 1050.